The molecule has 1 amide bonds. The Balaban J connectivity index is 1.55. The van der Waals surface area contributed by atoms with Crippen molar-refractivity contribution in [3.05, 3.63) is 96.1 Å². The van der Waals surface area contributed by atoms with Gasteiger partial charge in [0.2, 0.25) is 15.9 Å². The Hall–Kier alpha value is -3.02. The number of alkyl halides is 2. The molecule has 0 aliphatic carbocycles. The van der Waals surface area contributed by atoms with E-state index in [9.17, 15) is 22.7 Å². The second kappa shape index (κ2) is 15.1. The highest BCUT2D eigenvalue weighted by Gasteiger charge is 2.40. The molecule has 3 aromatic carbocycles. The number of carbonyl (C=O) groups is 1. The van der Waals surface area contributed by atoms with E-state index in [2.05, 4.69) is 5.32 Å². The molecule has 0 bridgehead atoms. The van der Waals surface area contributed by atoms with E-state index in [1.54, 1.807) is 79.7 Å². The van der Waals surface area contributed by atoms with Crippen molar-refractivity contribution in [1.29, 1.82) is 0 Å². The molecule has 4 atom stereocenters. The van der Waals surface area contributed by atoms with Crippen LogP contribution in [-0.4, -0.2) is 74.8 Å². The topological polar surface area (TPSA) is 105 Å². The van der Waals surface area contributed by atoms with Gasteiger partial charge in [-0.25, -0.2) is 8.42 Å². The first-order chi connectivity index (χ1) is 20.7. The smallest absolute Gasteiger partial charge is 0.243 e. The molecule has 0 saturated carbocycles. The summed E-state index contributed by atoms with van der Waals surface area (Å²) in [5, 5.41) is 14.6. The van der Waals surface area contributed by atoms with E-state index in [1.807, 2.05) is 0 Å². The normalized spacial score (nSPS) is 18.1. The molecular weight excluding hydrogens is 595 g/mol. The summed E-state index contributed by atoms with van der Waals surface area (Å²) in [4.78, 5) is 13.4. The van der Waals surface area contributed by atoms with Crippen LogP contribution in [0.3, 0.4) is 0 Å². The van der Waals surface area contributed by atoms with Crippen LogP contribution < -0.4 is 10.1 Å². The second-order valence-electron chi connectivity index (χ2n) is 10.9. The standard InChI is InChI=1S/C32H38ClFN2O6S/c1-32(26-8-4-2-5-9-26,35-31(38)18-24-12-14-27(15-13-24)42-28-16-17-41-23-28)30(37)22-36(21-25(19-33)20-34)43(39,40)29-10-6-3-7-11-29/h2-15,25,28,30,37H,16-23H2,1H3,(H,35,38)/t25?,28-,30+,32-/m0/s1. The van der Waals surface area contributed by atoms with Gasteiger partial charge >= 0.3 is 0 Å². The third-order valence-corrected chi connectivity index (χ3v) is 9.86. The van der Waals surface area contributed by atoms with Crippen LogP contribution in [0.4, 0.5) is 4.39 Å². The van der Waals surface area contributed by atoms with Crippen LogP contribution in [0.5, 0.6) is 5.75 Å². The van der Waals surface area contributed by atoms with Crippen molar-refractivity contribution in [1.82, 2.24) is 9.62 Å². The van der Waals surface area contributed by atoms with E-state index in [4.69, 9.17) is 21.1 Å². The number of aliphatic hydroxyl groups is 1. The van der Waals surface area contributed by atoms with Crippen molar-refractivity contribution < 1.29 is 32.2 Å². The number of aliphatic hydroxyl groups excluding tert-OH is 1. The Kier molecular flexibility index (Phi) is 11.6. The quantitative estimate of drug-likeness (QED) is 0.242. The van der Waals surface area contributed by atoms with Gasteiger partial charge in [-0.3, -0.25) is 9.18 Å². The van der Waals surface area contributed by atoms with Crippen molar-refractivity contribution in [3.8, 4) is 5.75 Å². The maximum absolute atomic E-state index is 13.7. The maximum atomic E-state index is 13.7. The zero-order valence-electron chi connectivity index (χ0n) is 24.1. The van der Waals surface area contributed by atoms with Crippen LogP contribution in [0.2, 0.25) is 0 Å². The zero-order valence-corrected chi connectivity index (χ0v) is 25.6. The Labute approximate surface area is 257 Å². The van der Waals surface area contributed by atoms with Gasteiger partial charge in [0.1, 0.15) is 11.9 Å². The molecule has 1 fully saturated rings. The molecular formula is C32H38ClFN2O6S. The minimum Gasteiger partial charge on any atom is -0.488 e. The predicted octanol–water partition coefficient (Wildman–Crippen LogP) is 4.30. The SMILES string of the molecule is C[C@](NC(=O)Cc1ccc(O[C@H]2CCOC2)cc1)(c1ccccc1)[C@H](O)CN(CC(CF)CCl)S(=O)(=O)c1ccccc1. The number of nitrogens with one attached hydrogen (secondary N) is 1. The molecule has 43 heavy (non-hydrogen) atoms. The van der Waals surface area contributed by atoms with Crippen LogP contribution in [0.25, 0.3) is 0 Å². The van der Waals surface area contributed by atoms with Crippen LogP contribution in [-0.2, 0) is 31.5 Å². The average molecular weight is 633 g/mol. The number of halogens is 2. The Morgan fingerprint density at radius 1 is 1.09 bits per heavy atom. The van der Waals surface area contributed by atoms with Crippen LogP contribution in [0.15, 0.2) is 89.8 Å². The van der Waals surface area contributed by atoms with Gasteiger partial charge < -0.3 is 19.9 Å². The van der Waals surface area contributed by atoms with Crippen molar-refractivity contribution in [2.45, 2.75) is 42.4 Å². The summed E-state index contributed by atoms with van der Waals surface area (Å²) in [5.41, 5.74) is -0.0750. The molecule has 1 aliphatic heterocycles. The fourth-order valence-electron chi connectivity index (χ4n) is 4.95. The highest BCUT2D eigenvalue weighted by Crippen LogP contribution is 2.28. The van der Waals surface area contributed by atoms with Crippen LogP contribution >= 0.6 is 11.6 Å². The first-order valence-electron chi connectivity index (χ1n) is 14.2. The number of amides is 1. The molecule has 8 nitrogen and oxygen atoms in total. The van der Waals surface area contributed by atoms with Gasteiger partial charge in [0.15, 0.2) is 0 Å². The van der Waals surface area contributed by atoms with Gasteiger partial charge in [-0.05, 0) is 42.3 Å². The third-order valence-electron chi connectivity index (χ3n) is 7.57. The van der Waals surface area contributed by atoms with E-state index >= 15 is 0 Å². The number of ether oxygens (including phenoxy) is 2. The summed E-state index contributed by atoms with van der Waals surface area (Å²) in [6, 6.07) is 23.8. The summed E-state index contributed by atoms with van der Waals surface area (Å²) >= 11 is 5.93. The molecule has 0 radical (unpaired) electrons. The summed E-state index contributed by atoms with van der Waals surface area (Å²) in [5.74, 6) is -0.563. The van der Waals surface area contributed by atoms with Gasteiger partial charge in [0.25, 0.3) is 0 Å². The summed E-state index contributed by atoms with van der Waals surface area (Å²) in [7, 11) is -4.13. The Morgan fingerprint density at radius 3 is 2.33 bits per heavy atom. The first-order valence-corrected chi connectivity index (χ1v) is 16.2. The van der Waals surface area contributed by atoms with E-state index in [0.29, 0.717) is 24.5 Å². The highest BCUT2D eigenvalue weighted by molar-refractivity contribution is 7.89. The monoisotopic (exact) mass is 632 g/mol. The summed E-state index contributed by atoms with van der Waals surface area (Å²) < 4.78 is 53.3. The van der Waals surface area contributed by atoms with E-state index < -0.39 is 40.8 Å². The number of sulfonamides is 1. The van der Waals surface area contributed by atoms with Crippen molar-refractivity contribution >= 4 is 27.5 Å². The molecule has 3 aromatic rings. The average Bonchev–Trinajstić information content (AvgIpc) is 3.54. The zero-order chi connectivity index (χ0) is 30.9. The second-order valence-corrected chi connectivity index (χ2v) is 13.1. The van der Waals surface area contributed by atoms with Crippen molar-refractivity contribution in [2.75, 3.05) is 38.9 Å². The van der Waals surface area contributed by atoms with Gasteiger partial charge in [-0.1, -0.05) is 60.7 Å². The molecule has 1 heterocycles. The molecule has 232 valence electrons. The number of carbonyl (C=O) groups excluding carboxylic acids is 1. The molecule has 1 unspecified atom stereocenters. The lowest BCUT2D eigenvalue weighted by atomic mass is 9.85. The molecule has 1 saturated heterocycles. The summed E-state index contributed by atoms with van der Waals surface area (Å²) in [6.07, 6.45) is -0.548. The fraction of sp³-hybridized carbons (Fsp3) is 0.406. The molecule has 11 heteroatoms. The number of benzene rings is 3. The molecule has 0 spiro atoms. The maximum Gasteiger partial charge on any atom is 0.243 e. The van der Waals surface area contributed by atoms with Crippen LogP contribution in [0, 0.1) is 5.92 Å². The predicted molar refractivity (Wildman–Crippen MR) is 163 cm³/mol. The van der Waals surface area contributed by atoms with E-state index in [0.717, 1.165) is 16.3 Å². The summed E-state index contributed by atoms with van der Waals surface area (Å²) in [6.45, 7) is 1.39. The molecule has 2 N–H and O–H groups in total. The lowest BCUT2D eigenvalue weighted by Gasteiger charge is -2.38. The van der Waals surface area contributed by atoms with Crippen LogP contribution in [0.1, 0.15) is 24.5 Å². The molecule has 0 aromatic heterocycles. The third kappa shape index (κ3) is 8.55. The number of hydrogen-bond donors (Lipinski definition) is 2. The van der Waals surface area contributed by atoms with Gasteiger partial charge in [-0.15, -0.1) is 11.6 Å². The van der Waals surface area contributed by atoms with Gasteiger partial charge in [-0.2, -0.15) is 4.31 Å². The lowest BCUT2D eigenvalue weighted by Crippen LogP contribution is -2.56. The lowest BCUT2D eigenvalue weighted by molar-refractivity contribution is -0.124. The number of rotatable bonds is 15. The van der Waals surface area contributed by atoms with Gasteiger partial charge in [0.05, 0.1) is 42.8 Å². The molecule has 1 aliphatic rings. The largest absolute Gasteiger partial charge is 0.488 e. The highest BCUT2D eigenvalue weighted by atomic mass is 35.5. The number of hydrogen-bond acceptors (Lipinski definition) is 6. The molecule has 4 rings (SSSR count). The first kappa shape index (κ1) is 32.9. The fourth-order valence-corrected chi connectivity index (χ4v) is 6.67. The van der Waals surface area contributed by atoms with E-state index in [-0.39, 0.29) is 35.8 Å². The number of nitrogens with zero attached hydrogens (tertiary/aromatic N) is 1. The van der Waals surface area contributed by atoms with Crippen molar-refractivity contribution in [2.24, 2.45) is 5.92 Å². The minimum absolute atomic E-state index is 0.00714. The van der Waals surface area contributed by atoms with E-state index in [1.165, 1.54) is 12.1 Å². The Bertz CT molecular complexity index is 1400. The minimum atomic E-state index is -4.13. The van der Waals surface area contributed by atoms with Crippen molar-refractivity contribution in [3.63, 3.8) is 0 Å². The Morgan fingerprint density at radius 2 is 1.74 bits per heavy atom. The van der Waals surface area contributed by atoms with Gasteiger partial charge in [0, 0.05) is 31.3 Å².